The molecule has 1 atom stereocenters. The molecule has 0 spiro atoms. The highest BCUT2D eigenvalue weighted by atomic mass is 19.1. The van der Waals surface area contributed by atoms with Crippen LogP contribution < -0.4 is 11.3 Å². The third kappa shape index (κ3) is 3.03. The standard InChI is InChI=1S/C16H18F2N2/c1-10-4-3-5-14(11(10)2)16(20-19)9-12-8-13(17)6-7-15(12)18/h3-8,16,20H,9,19H2,1-2H3. The smallest absolute Gasteiger partial charge is 0.126 e. The molecular weight excluding hydrogens is 258 g/mol. The van der Waals surface area contributed by atoms with Gasteiger partial charge in [-0.2, -0.15) is 0 Å². The SMILES string of the molecule is Cc1cccc(C(Cc2cc(F)ccc2F)NN)c1C. The maximum absolute atomic E-state index is 13.7. The summed E-state index contributed by atoms with van der Waals surface area (Å²) >= 11 is 0. The first kappa shape index (κ1) is 14.6. The quantitative estimate of drug-likeness (QED) is 0.664. The van der Waals surface area contributed by atoms with Gasteiger partial charge in [-0.1, -0.05) is 18.2 Å². The lowest BCUT2D eigenvalue weighted by Crippen LogP contribution is -2.30. The van der Waals surface area contributed by atoms with E-state index in [2.05, 4.69) is 5.43 Å². The van der Waals surface area contributed by atoms with Crippen LogP contribution in [0.4, 0.5) is 8.78 Å². The largest absolute Gasteiger partial charge is 0.271 e. The molecule has 0 heterocycles. The summed E-state index contributed by atoms with van der Waals surface area (Å²) in [4.78, 5) is 0. The van der Waals surface area contributed by atoms with E-state index < -0.39 is 11.6 Å². The Morgan fingerprint density at radius 1 is 1.15 bits per heavy atom. The fraction of sp³-hybridized carbons (Fsp3) is 0.250. The van der Waals surface area contributed by atoms with Gasteiger partial charge in [-0.05, 0) is 60.7 Å². The highest BCUT2D eigenvalue weighted by molar-refractivity contribution is 5.36. The topological polar surface area (TPSA) is 38.0 Å². The van der Waals surface area contributed by atoms with Crippen LogP contribution in [0.5, 0.6) is 0 Å². The van der Waals surface area contributed by atoms with Gasteiger partial charge in [0.1, 0.15) is 11.6 Å². The van der Waals surface area contributed by atoms with E-state index in [9.17, 15) is 8.78 Å². The fourth-order valence-corrected chi connectivity index (χ4v) is 2.33. The third-order valence-electron chi connectivity index (χ3n) is 3.65. The number of hydrazine groups is 1. The number of nitrogens with one attached hydrogen (secondary N) is 1. The van der Waals surface area contributed by atoms with Crippen molar-refractivity contribution in [1.29, 1.82) is 0 Å². The summed E-state index contributed by atoms with van der Waals surface area (Å²) in [6, 6.07) is 9.10. The highest BCUT2D eigenvalue weighted by Gasteiger charge is 2.16. The van der Waals surface area contributed by atoms with Gasteiger partial charge in [0.15, 0.2) is 0 Å². The lowest BCUT2D eigenvalue weighted by atomic mass is 9.93. The van der Waals surface area contributed by atoms with E-state index in [4.69, 9.17) is 5.84 Å². The van der Waals surface area contributed by atoms with Crippen molar-refractivity contribution in [1.82, 2.24) is 5.43 Å². The van der Waals surface area contributed by atoms with Crippen molar-refractivity contribution in [3.8, 4) is 0 Å². The van der Waals surface area contributed by atoms with Gasteiger partial charge in [0.2, 0.25) is 0 Å². The molecule has 0 saturated heterocycles. The zero-order valence-corrected chi connectivity index (χ0v) is 11.6. The zero-order chi connectivity index (χ0) is 14.7. The molecule has 0 aromatic heterocycles. The van der Waals surface area contributed by atoms with Crippen molar-refractivity contribution < 1.29 is 8.78 Å². The van der Waals surface area contributed by atoms with Crippen LogP contribution in [0.25, 0.3) is 0 Å². The van der Waals surface area contributed by atoms with Gasteiger partial charge < -0.3 is 0 Å². The van der Waals surface area contributed by atoms with Crippen LogP contribution in [0, 0.1) is 25.5 Å². The van der Waals surface area contributed by atoms with E-state index >= 15 is 0 Å². The minimum atomic E-state index is -0.446. The molecule has 0 amide bonds. The first-order valence-electron chi connectivity index (χ1n) is 6.49. The van der Waals surface area contributed by atoms with Gasteiger partial charge in [-0.25, -0.2) is 8.78 Å². The Balaban J connectivity index is 2.34. The van der Waals surface area contributed by atoms with Crippen LogP contribution in [0.3, 0.4) is 0 Å². The van der Waals surface area contributed by atoms with Crippen LogP contribution in [0.1, 0.15) is 28.3 Å². The highest BCUT2D eigenvalue weighted by Crippen LogP contribution is 2.24. The number of hydrogen-bond acceptors (Lipinski definition) is 2. The van der Waals surface area contributed by atoms with Crippen molar-refractivity contribution in [2.75, 3.05) is 0 Å². The number of nitrogens with two attached hydrogens (primary N) is 1. The maximum Gasteiger partial charge on any atom is 0.126 e. The Kier molecular flexibility index (Phi) is 4.47. The summed E-state index contributed by atoms with van der Waals surface area (Å²) in [5.74, 6) is 4.73. The minimum Gasteiger partial charge on any atom is -0.271 e. The molecule has 106 valence electrons. The average Bonchev–Trinajstić information content (AvgIpc) is 2.43. The number of rotatable bonds is 4. The average molecular weight is 276 g/mol. The molecule has 0 radical (unpaired) electrons. The molecule has 2 aromatic rings. The number of benzene rings is 2. The molecule has 4 heteroatoms. The van der Waals surface area contributed by atoms with Gasteiger partial charge in [-0.3, -0.25) is 11.3 Å². The zero-order valence-electron chi connectivity index (χ0n) is 11.6. The van der Waals surface area contributed by atoms with Crippen molar-refractivity contribution in [2.24, 2.45) is 5.84 Å². The van der Waals surface area contributed by atoms with E-state index in [-0.39, 0.29) is 6.04 Å². The molecule has 2 aromatic carbocycles. The van der Waals surface area contributed by atoms with Gasteiger partial charge in [0, 0.05) is 0 Å². The summed E-state index contributed by atoms with van der Waals surface area (Å²) in [6.07, 6.45) is 0.296. The first-order valence-corrected chi connectivity index (χ1v) is 6.49. The number of hydrogen-bond donors (Lipinski definition) is 2. The molecule has 0 aliphatic rings. The number of halogens is 2. The fourth-order valence-electron chi connectivity index (χ4n) is 2.33. The molecule has 0 fully saturated rings. The van der Waals surface area contributed by atoms with Crippen LogP contribution in [-0.2, 0) is 6.42 Å². The van der Waals surface area contributed by atoms with Crippen molar-refractivity contribution >= 4 is 0 Å². The molecule has 1 unspecified atom stereocenters. The number of aryl methyl sites for hydroxylation is 1. The van der Waals surface area contributed by atoms with Gasteiger partial charge in [-0.15, -0.1) is 0 Å². The van der Waals surface area contributed by atoms with Crippen molar-refractivity contribution in [3.63, 3.8) is 0 Å². The maximum atomic E-state index is 13.7. The molecule has 3 N–H and O–H groups in total. The molecule has 2 rings (SSSR count). The molecular formula is C16H18F2N2. The van der Waals surface area contributed by atoms with E-state index in [1.165, 1.54) is 6.07 Å². The second-order valence-corrected chi connectivity index (χ2v) is 4.95. The Labute approximate surface area is 117 Å². The van der Waals surface area contributed by atoms with E-state index in [1.807, 2.05) is 32.0 Å². The van der Waals surface area contributed by atoms with Crippen LogP contribution in [-0.4, -0.2) is 0 Å². The Hall–Kier alpha value is -1.78. The van der Waals surface area contributed by atoms with Crippen LogP contribution in [0.2, 0.25) is 0 Å². The summed E-state index contributed by atoms with van der Waals surface area (Å²) < 4.78 is 27.0. The summed E-state index contributed by atoms with van der Waals surface area (Å²) in [5.41, 5.74) is 6.25. The summed E-state index contributed by atoms with van der Waals surface area (Å²) in [6.45, 7) is 4.01. The predicted molar refractivity (Wildman–Crippen MR) is 76.0 cm³/mol. The lowest BCUT2D eigenvalue weighted by Gasteiger charge is -2.20. The van der Waals surface area contributed by atoms with Gasteiger partial charge in [0.05, 0.1) is 6.04 Å². The first-order chi connectivity index (χ1) is 9.52. The third-order valence-corrected chi connectivity index (χ3v) is 3.65. The summed E-state index contributed by atoms with van der Waals surface area (Å²) in [7, 11) is 0. The van der Waals surface area contributed by atoms with Crippen molar-refractivity contribution in [2.45, 2.75) is 26.3 Å². The molecule has 0 aliphatic heterocycles. The van der Waals surface area contributed by atoms with E-state index in [0.29, 0.717) is 12.0 Å². The molecule has 0 aliphatic carbocycles. The van der Waals surface area contributed by atoms with E-state index in [0.717, 1.165) is 28.8 Å². The van der Waals surface area contributed by atoms with E-state index in [1.54, 1.807) is 0 Å². The summed E-state index contributed by atoms with van der Waals surface area (Å²) in [5, 5.41) is 0. The Morgan fingerprint density at radius 2 is 1.90 bits per heavy atom. The Morgan fingerprint density at radius 3 is 2.60 bits per heavy atom. The monoisotopic (exact) mass is 276 g/mol. The lowest BCUT2D eigenvalue weighted by molar-refractivity contribution is 0.521. The van der Waals surface area contributed by atoms with Crippen molar-refractivity contribution in [3.05, 3.63) is 70.3 Å². The minimum absolute atomic E-state index is 0.258. The molecule has 2 nitrogen and oxygen atoms in total. The van der Waals surface area contributed by atoms with Gasteiger partial charge >= 0.3 is 0 Å². The normalized spacial score (nSPS) is 12.4. The van der Waals surface area contributed by atoms with Gasteiger partial charge in [0.25, 0.3) is 0 Å². The second kappa shape index (κ2) is 6.11. The molecule has 0 bridgehead atoms. The predicted octanol–water partition coefficient (Wildman–Crippen LogP) is 3.33. The molecule has 0 saturated carbocycles. The molecule has 20 heavy (non-hydrogen) atoms. The second-order valence-electron chi connectivity index (χ2n) is 4.95. The van der Waals surface area contributed by atoms with Crippen LogP contribution in [0.15, 0.2) is 36.4 Å². The van der Waals surface area contributed by atoms with Crippen LogP contribution >= 0.6 is 0 Å². The Bertz CT molecular complexity index is 611.